The van der Waals surface area contributed by atoms with E-state index >= 15 is 0 Å². The van der Waals surface area contributed by atoms with Gasteiger partial charge in [0.1, 0.15) is 5.75 Å². The van der Waals surface area contributed by atoms with E-state index in [1.165, 1.54) is 0 Å². The van der Waals surface area contributed by atoms with Crippen LogP contribution < -0.4 is 15.4 Å². The maximum Gasteiger partial charge on any atom is 0.228 e. The highest BCUT2D eigenvalue weighted by atomic mass is 16.5. The van der Waals surface area contributed by atoms with Crippen molar-refractivity contribution in [3.63, 3.8) is 0 Å². The molecule has 0 aliphatic heterocycles. The zero-order valence-corrected chi connectivity index (χ0v) is 16.1. The number of amides is 1. The van der Waals surface area contributed by atoms with E-state index < -0.39 is 0 Å². The lowest BCUT2D eigenvalue weighted by Gasteiger charge is -2.11. The van der Waals surface area contributed by atoms with E-state index in [0.29, 0.717) is 0 Å². The van der Waals surface area contributed by atoms with Crippen LogP contribution >= 0.6 is 0 Å². The second kappa shape index (κ2) is 9.42. The molecule has 0 heterocycles. The van der Waals surface area contributed by atoms with E-state index in [9.17, 15) is 4.79 Å². The lowest BCUT2D eigenvalue weighted by atomic mass is 10.1. The highest BCUT2D eigenvalue weighted by Gasteiger charge is 2.10. The highest BCUT2D eigenvalue weighted by Crippen LogP contribution is 2.23. The first-order valence-corrected chi connectivity index (χ1v) is 9.17. The zero-order valence-electron chi connectivity index (χ0n) is 16.1. The van der Waals surface area contributed by atoms with Crippen molar-refractivity contribution in [2.24, 2.45) is 0 Å². The Morgan fingerprint density at radius 1 is 0.857 bits per heavy atom. The SMILES string of the molecule is CNc1ccccc1/C=C/c1ccccc1NC(=O)Cc1ccccc1OC. The van der Waals surface area contributed by atoms with Crippen molar-refractivity contribution in [2.45, 2.75) is 6.42 Å². The van der Waals surface area contributed by atoms with Crippen molar-refractivity contribution in [1.82, 2.24) is 0 Å². The number of carbonyl (C=O) groups is 1. The number of rotatable bonds is 7. The van der Waals surface area contributed by atoms with Gasteiger partial charge in [-0.25, -0.2) is 0 Å². The van der Waals surface area contributed by atoms with Crippen molar-refractivity contribution in [3.8, 4) is 5.75 Å². The molecule has 142 valence electrons. The summed E-state index contributed by atoms with van der Waals surface area (Å²) in [6, 6.07) is 23.4. The normalized spacial score (nSPS) is 10.6. The Morgan fingerprint density at radius 3 is 2.11 bits per heavy atom. The van der Waals surface area contributed by atoms with E-state index in [-0.39, 0.29) is 12.3 Å². The van der Waals surface area contributed by atoms with Gasteiger partial charge in [-0.15, -0.1) is 0 Å². The second-order valence-electron chi connectivity index (χ2n) is 6.29. The van der Waals surface area contributed by atoms with Gasteiger partial charge in [0.25, 0.3) is 0 Å². The summed E-state index contributed by atoms with van der Waals surface area (Å²) < 4.78 is 5.33. The number of nitrogens with one attached hydrogen (secondary N) is 2. The van der Waals surface area contributed by atoms with Crippen LogP contribution in [0.3, 0.4) is 0 Å². The van der Waals surface area contributed by atoms with Crippen molar-refractivity contribution in [1.29, 1.82) is 0 Å². The lowest BCUT2D eigenvalue weighted by molar-refractivity contribution is -0.115. The van der Waals surface area contributed by atoms with Gasteiger partial charge in [-0.2, -0.15) is 0 Å². The smallest absolute Gasteiger partial charge is 0.228 e. The number of anilines is 2. The number of ether oxygens (including phenoxy) is 1. The minimum Gasteiger partial charge on any atom is -0.496 e. The Hall–Kier alpha value is -3.53. The molecule has 0 bridgehead atoms. The summed E-state index contributed by atoms with van der Waals surface area (Å²) in [6.45, 7) is 0. The maximum absolute atomic E-state index is 12.6. The lowest BCUT2D eigenvalue weighted by Crippen LogP contribution is -2.15. The molecule has 0 aliphatic carbocycles. The summed E-state index contributed by atoms with van der Waals surface area (Å²) in [5.41, 5.74) is 4.72. The number of hydrogen-bond acceptors (Lipinski definition) is 3. The molecule has 0 aromatic heterocycles. The predicted octanol–water partition coefficient (Wildman–Crippen LogP) is 5.09. The number of methoxy groups -OCH3 is 1. The topological polar surface area (TPSA) is 50.4 Å². The highest BCUT2D eigenvalue weighted by molar-refractivity contribution is 5.95. The molecule has 0 radical (unpaired) electrons. The molecule has 2 N–H and O–H groups in total. The Balaban J connectivity index is 1.77. The van der Waals surface area contributed by atoms with Gasteiger partial charge in [0.05, 0.1) is 13.5 Å². The van der Waals surface area contributed by atoms with Crippen LogP contribution in [0.4, 0.5) is 11.4 Å². The summed E-state index contributed by atoms with van der Waals surface area (Å²) in [7, 11) is 3.51. The van der Waals surface area contributed by atoms with Gasteiger partial charge in [0.15, 0.2) is 0 Å². The van der Waals surface area contributed by atoms with Crippen molar-refractivity contribution >= 4 is 29.4 Å². The van der Waals surface area contributed by atoms with Gasteiger partial charge in [-0.1, -0.05) is 66.7 Å². The van der Waals surface area contributed by atoms with E-state index in [1.54, 1.807) is 7.11 Å². The van der Waals surface area contributed by atoms with Gasteiger partial charge < -0.3 is 15.4 Å². The molecule has 0 atom stereocenters. The fourth-order valence-corrected chi connectivity index (χ4v) is 3.02. The maximum atomic E-state index is 12.6. The molecule has 0 saturated carbocycles. The van der Waals surface area contributed by atoms with Crippen LogP contribution in [0.1, 0.15) is 16.7 Å². The minimum atomic E-state index is -0.0824. The third-order valence-electron chi connectivity index (χ3n) is 4.45. The van der Waals surface area contributed by atoms with Crippen molar-refractivity contribution in [2.75, 3.05) is 24.8 Å². The molecule has 0 spiro atoms. The molecular formula is C24H24N2O2. The molecular weight excluding hydrogens is 348 g/mol. The Kier molecular flexibility index (Phi) is 6.47. The molecule has 0 unspecified atom stereocenters. The molecule has 0 aliphatic rings. The Labute approximate surface area is 165 Å². The van der Waals surface area contributed by atoms with Crippen LogP contribution in [0.5, 0.6) is 5.75 Å². The summed E-state index contributed by atoms with van der Waals surface area (Å²) in [4.78, 5) is 12.6. The average Bonchev–Trinajstić information content (AvgIpc) is 2.73. The summed E-state index contributed by atoms with van der Waals surface area (Å²) >= 11 is 0. The van der Waals surface area contributed by atoms with Gasteiger partial charge in [0.2, 0.25) is 5.91 Å². The van der Waals surface area contributed by atoms with Gasteiger partial charge in [0, 0.05) is 24.0 Å². The average molecular weight is 372 g/mol. The quantitative estimate of drug-likeness (QED) is 0.568. The molecule has 28 heavy (non-hydrogen) atoms. The van der Waals surface area contributed by atoms with Crippen LogP contribution in [0.15, 0.2) is 72.8 Å². The monoisotopic (exact) mass is 372 g/mol. The summed E-state index contributed by atoms with van der Waals surface area (Å²) in [5.74, 6) is 0.635. The fraction of sp³-hybridized carbons (Fsp3) is 0.125. The summed E-state index contributed by atoms with van der Waals surface area (Å²) in [6.07, 6.45) is 4.30. The fourth-order valence-electron chi connectivity index (χ4n) is 3.02. The van der Waals surface area contributed by atoms with E-state index in [1.807, 2.05) is 92.0 Å². The standard InChI is InChI=1S/C24H24N2O2/c1-25-21-12-6-3-9-18(21)15-16-19-10-4-7-13-22(19)26-24(27)17-20-11-5-8-14-23(20)28-2/h3-16,25H,17H2,1-2H3,(H,26,27)/b16-15+. The molecule has 3 aromatic carbocycles. The predicted molar refractivity (Wildman–Crippen MR) is 117 cm³/mol. The third-order valence-corrected chi connectivity index (χ3v) is 4.45. The van der Waals surface area contributed by atoms with Crippen LogP contribution in [0.25, 0.3) is 12.2 Å². The second-order valence-corrected chi connectivity index (χ2v) is 6.29. The number of carbonyl (C=O) groups excluding carboxylic acids is 1. The van der Waals surface area contributed by atoms with E-state index in [4.69, 9.17) is 4.74 Å². The zero-order chi connectivity index (χ0) is 19.8. The Morgan fingerprint density at radius 2 is 1.43 bits per heavy atom. The molecule has 0 saturated heterocycles. The van der Waals surface area contributed by atoms with E-state index in [2.05, 4.69) is 10.6 Å². The van der Waals surface area contributed by atoms with Gasteiger partial charge >= 0.3 is 0 Å². The molecule has 3 aromatic rings. The van der Waals surface area contributed by atoms with Crippen LogP contribution in [-0.4, -0.2) is 20.1 Å². The molecule has 1 amide bonds. The first-order chi connectivity index (χ1) is 13.7. The van der Waals surface area contributed by atoms with Crippen molar-refractivity contribution < 1.29 is 9.53 Å². The van der Waals surface area contributed by atoms with Crippen LogP contribution in [-0.2, 0) is 11.2 Å². The van der Waals surface area contributed by atoms with Gasteiger partial charge in [-0.3, -0.25) is 4.79 Å². The van der Waals surface area contributed by atoms with Crippen LogP contribution in [0, 0.1) is 0 Å². The molecule has 0 fully saturated rings. The number of hydrogen-bond donors (Lipinski definition) is 2. The molecule has 4 heteroatoms. The first-order valence-electron chi connectivity index (χ1n) is 9.17. The molecule has 4 nitrogen and oxygen atoms in total. The van der Waals surface area contributed by atoms with Gasteiger partial charge in [-0.05, 0) is 29.3 Å². The van der Waals surface area contributed by atoms with Crippen LogP contribution in [0.2, 0.25) is 0 Å². The largest absolute Gasteiger partial charge is 0.496 e. The van der Waals surface area contributed by atoms with Crippen molar-refractivity contribution in [3.05, 3.63) is 89.5 Å². The molecule has 3 rings (SSSR count). The third kappa shape index (κ3) is 4.80. The van der Waals surface area contributed by atoms with E-state index in [0.717, 1.165) is 33.8 Å². The minimum absolute atomic E-state index is 0.0824. The number of para-hydroxylation sites is 3. The first kappa shape index (κ1) is 19.2. The number of benzene rings is 3. The summed E-state index contributed by atoms with van der Waals surface area (Å²) in [5, 5.41) is 6.20. The Bertz CT molecular complexity index is 980.